The van der Waals surface area contributed by atoms with Gasteiger partial charge in [0.2, 0.25) is 5.91 Å². The summed E-state index contributed by atoms with van der Waals surface area (Å²) < 4.78 is 5.11. The highest BCUT2D eigenvalue weighted by Gasteiger charge is 2.07. The average molecular weight is 405 g/mol. The quantitative estimate of drug-likeness (QED) is 0.422. The number of benzene rings is 2. The van der Waals surface area contributed by atoms with Crippen molar-refractivity contribution in [2.45, 2.75) is 26.4 Å². The molecule has 2 aromatic rings. The molecule has 0 saturated carbocycles. The molecule has 156 valence electrons. The number of carbonyl (C=O) groups excluding carboxylic acids is 2. The van der Waals surface area contributed by atoms with Gasteiger partial charge in [0, 0.05) is 25.5 Å². The molecule has 0 atom stereocenters. The van der Waals surface area contributed by atoms with Crippen molar-refractivity contribution < 1.29 is 14.3 Å². The third-order valence-electron chi connectivity index (χ3n) is 3.83. The smallest absolute Gasteiger partial charge is 0.408 e. The van der Waals surface area contributed by atoms with Crippen LogP contribution in [0.15, 0.2) is 54.6 Å². The monoisotopic (exact) mass is 405 g/mol. The molecular weight excluding hydrogens is 378 g/mol. The van der Waals surface area contributed by atoms with Gasteiger partial charge in [-0.2, -0.15) is 0 Å². The van der Waals surface area contributed by atoms with Crippen molar-refractivity contribution in [1.82, 2.24) is 15.8 Å². The minimum absolute atomic E-state index is 0.133. The zero-order valence-corrected chi connectivity index (χ0v) is 17.4. The van der Waals surface area contributed by atoms with E-state index in [1.807, 2.05) is 61.5 Å². The standard InChI is InChI=1S/C22H25N3O3.C2H2/c1-18-10-6-7-13-20(18)14-8-9-15-21(26)24-25(2)17-23-22(27)28-16-19-11-4-3-5-12-19;1-2/h3-7,10-13H,9,15-17H2,1-2H3,(H,23,27)(H,24,26);1-2H. The number of terminal acetylenes is 1. The second-order valence-corrected chi connectivity index (χ2v) is 6.25. The Morgan fingerprint density at radius 3 is 2.43 bits per heavy atom. The molecule has 6 nitrogen and oxygen atoms in total. The summed E-state index contributed by atoms with van der Waals surface area (Å²) in [6.45, 7) is 2.33. The van der Waals surface area contributed by atoms with E-state index in [-0.39, 0.29) is 25.6 Å². The molecular formula is C24H27N3O3. The molecule has 0 radical (unpaired) electrons. The minimum atomic E-state index is -0.547. The summed E-state index contributed by atoms with van der Waals surface area (Å²) in [5.74, 6) is 5.92. The Labute approximate surface area is 178 Å². The molecule has 2 aromatic carbocycles. The highest BCUT2D eigenvalue weighted by atomic mass is 16.5. The van der Waals surface area contributed by atoms with Crippen LogP contribution in [0.4, 0.5) is 4.79 Å². The number of carbonyl (C=O) groups is 2. The van der Waals surface area contributed by atoms with Gasteiger partial charge in [-0.3, -0.25) is 10.2 Å². The van der Waals surface area contributed by atoms with Crippen molar-refractivity contribution in [3.63, 3.8) is 0 Å². The number of hydrazine groups is 1. The van der Waals surface area contributed by atoms with E-state index < -0.39 is 6.09 Å². The van der Waals surface area contributed by atoms with Gasteiger partial charge in [-0.25, -0.2) is 9.80 Å². The van der Waals surface area contributed by atoms with Crippen LogP contribution in [0.1, 0.15) is 29.5 Å². The minimum Gasteiger partial charge on any atom is -0.445 e. The molecule has 6 heteroatoms. The van der Waals surface area contributed by atoms with Crippen LogP contribution >= 0.6 is 0 Å². The largest absolute Gasteiger partial charge is 0.445 e. The van der Waals surface area contributed by atoms with Crippen LogP contribution in [0.25, 0.3) is 0 Å². The summed E-state index contributed by atoms with van der Waals surface area (Å²) in [4.78, 5) is 23.6. The first-order valence-corrected chi connectivity index (χ1v) is 9.37. The SMILES string of the molecule is C#C.Cc1ccccc1C#CCCC(=O)NN(C)CNC(=O)OCc1ccccc1. The highest BCUT2D eigenvalue weighted by Crippen LogP contribution is 2.04. The van der Waals surface area contributed by atoms with Gasteiger partial charge >= 0.3 is 6.09 Å². The Bertz CT molecular complexity index is 883. The second-order valence-electron chi connectivity index (χ2n) is 6.25. The average Bonchev–Trinajstić information content (AvgIpc) is 2.77. The molecule has 0 heterocycles. The van der Waals surface area contributed by atoms with Crippen LogP contribution in [0.2, 0.25) is 0 Å². The van der Waals surface area contributed by atoms with Gasteiger partial charge in [0.15, 0.2) is 0 Å². The lowest BCUT2D eigenvalue weighted by atomic mass is 10.1. The molecule has 30 heavy (non-hydrogen) atoms. The Morgan fingerprint density at radius 2 is 1.73 bits per heavy atom. The number of alkyl carbamates (subject to hydrolysis) is 1. The van der Waals surface area contributed by atoms with E-state index in [1.165, 1.54) is 5.01 Å². The van der Waals surface area contributed by atoms with Gasteiger partial charge in [-0.1, -0.05) is 60.4 Å². The normalized spacial score (nSPS) is 9.37. The van der Waals surface area contributed by atoms with Gasteiger partial charge in [0.05, 0.1) is 6.67 Å². The molecule has 0 aliphatic heterocycles. The van der Waals surface area contributed by atoms with Gasteiger partial charge in [-0.05, 0) is 24.1 Å². The van der Waals surface area contributed by atoms with Crippen molar-refractivity contribution >= 4 is 12.0 Å². The van der Waals surface area contributed by atoms with Crippen molar-refractivity contribution in [1.29, 1.82) is 0 Å². The molecule has 0 aliphatic rings. The lowest BCUT2D eigenvalue weighted by Crippen LogP contribution is -2.45. The van der Waals surface area contributed by atoms with E-state index in [1.54, 1.807) is 7.05 Å². The third kappa shape index (κ3) is 9.98. The zero-order chi connectivity index (χ0) is 22.2. The van der Waals surface area contributed by atoms with Gasteiger partial charge in [0.1, 0.15) is 6.61 Å². The van der Waals surface area contributed by atoms with Crippen LogP contribution in [0, 0.1) is 31.6 Å². The molecule has 2 amide bonds. The summed E-state index contributed by atoms with van der Waals surface area (Å²) in [5.41, 5.74) is 5.67. The summed E-state index contributed by atoms with van der Waals surface area (Å²) >= 11 is 0. The second kappa shape index (κ2) is 14.3. The number of aryl methyl sites for hydroxylation is 1. The topological polar surface area (TPSA) is 70.7 Å². The lowest BCUT2D eigenvalue weighted by molar-refractivity contribution is -0.125. The lowest BCUT2D eigenvalue weighted by Gasteiger charge is -2.18. The van der Waals surface area contributed by atoms with Crippen LogP contribution < -0.4 is 10.7 Å². The summed E-state index contributed by atoms with van der Waals surface area (Å²) in [6.07, 6.45) is 8.19. The van der Waals surface area contributed by atoms with E-state index in [4.69, 9.17) is 4.74 Å². The van der Waals surface area contributed by atoms with Gasteiger partial charge in [-0.15, -0.1) is 12.8 Å². The molecule has 0 spiro atoms. The molecule has 0 unspecified atom stereocenters. The number of nitrogens with one attached hydrogen (secondary N) is 2. The Morgan fingerprint density at radius 1 is 1.07 bits per heavy atom. The molecule has 2 N–H and O–H groups in total. The van der Waals surface area contributed by atoms with E-state index in [0.717, 1.165) is 16.7 Å². The van der Waals surface area contributed by atoms with Crippen molar-refractivity contribution in [2.75, 3.05) is 13.7 Å². The van der Waals surface area contributed by atoms with Gasteiger partial charge in [0.25, 0.3) is 0 Å². The Balaban J connectivity index is 0.00000218. The maximum Gasteiger partial charge on any atom is 0.408 e. The van der Waals surface area contributed by atoms with E-state index in [9.17, 15) is 9.59 Å². The van der Waals surface area contributed by atoms with E-state index >= 15 is 0 Å². The number of hydrogen-bond donors (Lipinski definition) is 2. The summed E-state index contributed by atoms with van der Waals surface area (Å²) in [5, 5.41) is 4.06. The van der Waals surface area contributed by atoms with Crippen LogP contribution in [-0.2, 0) is 16.1 Å². The third-order valence-corrected chi connectivity index (χ3v) is 3.83. The molecule has 0 fully saturated rings. The number of amides is 2. The molecule has 0 aromatic heterocycles. The molecule has 0 bridgehead atoms. The number of nitrogens with zero attached hydrogens (tertiary/aromatic N) is 1. The highest BCUT2D eigenvalue weighted by molar-refractivity contribution is 5.75. The number of hydrogen-bond acceptors (Lipinski definition) is 4. The van der Waals surface area contributed by atoms with Gasteiger partial charge < -0.3 is 10.1 Å². The van der Waals surface area contributed by atoms with Crippen molar-refractivity contribution in [2.24, 2.45) is 0 Å². The first kappa shape index (κ1) is 24.3. The first-order valence-electron chi connectivity index (χ1n) is 9.37. The van der Waals surface area contributed by atoms with Crippen molar-refractivity contribution in [3.8, 4) is 24.7 Å². The maximum atomic E-state index is 11.9. The maximum absolute atomic E-state index is 11.9. The fraction of sp³-hybridized carbons (Fsp3) is 0.250. The molecule has 2 rings (SSSR count). The number of rotatable bonds is 7. The summed E-state index contributed by atoms with van der Waals surface area (Å²) in [6, 6.07) is 17.3. The van der Waals surface area contributed by atoms with Crippen LogP contribution in [0.3, 0.4) is 0 Å². The fourth-order valence-corrected chi connectivity index (χ4v) is 2.31. The zero-order valence-electron chi connectivity index (χ0n) is 17.4. The Kier molecular flexibility index (Phi) is 11.6. The van der Waals surface area contributed by atoms with Crippen LogP contribution in [-0.4, -0.2) is 30.7 Å². The summed E-state index contributed by atoms with van der Waals surface area (Å²) in [7, 11) is 1.66. The molecule has 0 aliphatic carbocycles. The predicted molar refractivity (Wildman–Crippen MR) is 118 cm³/mol. The predicted octanol–water partition coefficient (Wildman–Crippen LogP) is 3.22. The fourth-order valence-electron chi connectivity index (χ4n) is 2.31. The number of ether oxygens (including phenoxy) is 1. The van der Waals surface area contributed by atoms with Crippen molar-refractivity contribution in [3.05, 3.63) is 71.3 Å². The first-order chi connectivity index (χ1) is 14.5. The van der Waals surface area contributed by atoms with E-state index in [0.29, 0.717) is 6.42 Å². The Hall–Kier alpha value is -3.74. The van der Waals surface area contributed by atoms with E-state index in [2.05, 4.69) is 35.4 Å². The van der Waals surface area contributed by atoms with Crippen LogP contribution in [0.5, 0.6) is 0 Å². The molecule has 0 saturated heterocycles.